The lowest BCUT2D eigenvalue weighted by atomic mass is 10.1. The Morgan fingerprint density at radius 2 is 2.00 bits per heavy atom. The van der Waals surface area contributed by atoms with E-state index in [2.05, 4.69) is 10.1 Å². The van der Waals surface area contributed by atoms with Crippen LogP contribution < -0.4 is 5.32 Å². The molecule has 1 aliphatic heterocycles. The molecule has 2 rings (SSSR count). The number of carbonyl (C=O) groups excluding carboxylic acids is 2. The van der Waals surface area contributed by atoms with Crippen LogP contribution in [-0.4, -0.2) is 37.7 Å². The molecular weight excluding hydrogens is 282 g/mol. The summed E-state index contributed by atoms with van der Waals surface area (Å²) in [7, 11) is 1.35. The van der Waals surface area contributed by atoms with Gasteiger partial charge >= 0.3 is 11.9 Å². The fourth-order valence-electron chi connectivity index (χ4n) is 2.10. The van der Waals surface area contributed by atoms with Crippen LogP contribution in [-0.2, 0) is 25.5 Å². The summed E-state index contributed by atoms with van der Waals surface area (Å²) in [6.45, 7) is 0.486. The molecule has 0 radical (unpaired) electrons. The van der Waals surface area contributed by atoms with E-state index in [1.54, 1.807) is 0 Å². The second kappa shape index (κ2) is 7.87. The molecule has 1 aromatic carbocycles. The molecule has 1 N–H and O–H groups in total. The van der Waals surface area contributed by atoms with Gasteiger partial charge in [0.1, 0.15) is 12.1 Å². The largest absolute Gasteiger partial charge is 0.468 e. The molecule has 6 heteroatoms. The number of hydrogen-bond donors (Lipinski definition) is 1. The predicted octanol–water partition coefficient (Wildman–Crippen LogP) is 1.10. The van der Waals surface area contributed by atoms with Gasteiger partial charge in [0.05, 0.1) is 13.5 Å². The number of carbonyl (C=O) groups is 2. The summed E-state index contributed by atoms with van der Waals surface area (Å²) >= 11 is 0. The van der Waals surface area contributed by atoms with E-state index in [1.807, 2.05) is 30.3 Å². The van der Waals surface area contributed by atoms with Crippen molar-refractivity contribution in [3.63, 3.8) is 0 Å². The van der Waals surface area contributed by atoms with Crippen molar-refractivity contribution in [1.29, 1.82) is 0 Å². The van der Waals surface area contributed by atoms with Crippen LogP contribution in [0, 0.1) is 0 Å². The first kappa shape index (κ1) is 16.5. The van der Waals surface area contributed by atoms with Crippen molar-refractivity contribution in [2.45, 2.75) is 25.0 Å². The highest BCUT2D eigenvalue weighted by molar-refractivity contribution is 5.85. The van der Waals surface area contributed by atoms with Gasteiger partial charge in [-0.3, -0.25) is 9.59 Å². The lowest BCUT2D eigenvalue weighted by Gasteiger charge is -2.11. The minimum atomic E-state index is -0.375. The quantitative estimate of drug-likeness (QED) is 0.844. The maximum Gasteiger partial charge on any atom is 0.323 e. The Kier molecular flexibility index (Phi) is 6.48. The third-order valence-corrected chi connectivity index (χ3v) is 3.07. The van der Waals surface area contributed by atoms with Crippen molar-refractivity contribution < 1.29 is 19.1 Å². The molecule has 1 aromatic rings. The first-order chi connectivity index (χ1) is 9.19. The van der Waals surface area contributed by atoms with Gasteiger partial charge in [0.2, 0.25) is 0 Å². The average molecular weight is 300 g/mol. The molecule has 0 spiro atoms. The number of nitrogens with one attached hydrogen (secondary N) is 1. The number of hydrogen-bond acceptors (Lipinski definition) is 5. The van der Waals surface area contributed by atoms with Crippen molar-refractivity contribution in [2.24, 2.45) is 0 Å². The standard InChI is InChI=1S/C14H17NO4.ClH/c1-18-14(17)12-8-11(9-15-12)19-13(16)7-10-5-3-2-4-6-10;/h2-6,11-12,15H,7-9H2,1H3;1H. The monoisotopic (exact) mass is 299 g/mol. The lowest BCUT2D eigenvalue weighted by Crippen LogP contribution is -2.31. The van der Waals surface area contributed by atoms with Crippen LogP contribution in [0.3, 0.4) is 0 Å². The summed E-state index contributed by atoms with van der Waals surface area (Å²) in [6, 6.07) is 9.05. The fourth-order valence-corrected chi connectivity index (χ4v) is 2.10. The van der Waals surface area contributed by atoms with Gasteiger partial charge in [-0.25, -0.2) is 0 Å². The predicted molar refractivity (Wildman–Crippen MR) is 75.7 cm³/mol. The molecular formula is C14H18ClNO4. The van der Waals surface area contributed by atoms with Gasteiger partial charge < -0.3 is 14.8 Å². The molecule has 1 aliphatic rings. The zero-order valence-electron chi connectivity index (χ0n) is 11.2. The van der Waals surface area contributed by atoms with Gasteiger partial charge in [-0.15, -0.1) is 12.4 Å². The third kappa shape index (κ3) is 4.51. The minimum Gasteiger partial charge on any atom is -0.468 e. The molecule has 5 nitrogen and oxygen atoms in total. The van der Waals surface area contributed by atoms with Crippen LogP contribution >= 0.6 is 12.4 Å². The van der Waals surface area contributed by atoms with Crippen molar-refractivity contribution >= 4 is 24.3 Å². The average Bonchev–Trinajstić information content (AvgIpc) is 2.87. The summed E-state index contributed by atoms with van der Waals surface area (Å²) in [5.74, 6) is -0.592. The number of benzene rings is 1. The number of ether oxygens (including phenoxy) is 2. The van der Waals surface area contributed by atoms with E-state index in [0.29, 0.717) is 13.0 Å². The molecule has 20 heavy (non-hydrogen) atoms. The van der Waals surface area contributed by atoms with E-state index >= 15 is 0 Å². The van der Waals surface area contributed by atoms with Gasteiger partial charge in [-0.05, 0) is 5.56 Å². The molecule has 1 saturated heterocycles. The van der Waals surface area contributed by atoms with E-state index in [4.69, 9.17) is 4.74 Å². The van der Waals surface area contributed by atoms with E-state index in [1.165, 1.54) is 7.11 Å². The highest BCUT2D eigenvalue weighted by atomic mass is 35.5. The third-order valence-electron chi connectivity index (χ3n) is 3.07. The molecule has 1 heterocycles. The number of esters is 2. The van der Waals surface area contributed by atoms with Gasteiger partial charge in [0.15, 0.2) is 0 Å². The van der Waals surface area contributed by atoms with Crippen molar-refractivity contribution in [3.8, 4) is 0 Å². The Bertz CT molecular complexity index is 452. The number of methoxy groups -OCH3 is 1. The van der Waals surface area contributed by atoms with Crippen molar-refractivity contribution in [2.75, 3.05) is 13.7 Å². The van der Waals surface area contributed by atoms with E-state index in [9.17, 15) is 9.59 Å². The molecule has 0 aromatic heterocycles. The molecule has 0 saturated carbocycles. The summed E-state index contributed by atoms with van der Waals surface area (Å²) in [5.41, 5.74) is 0.919. The first-order valence-electron chi connectivity index (χ1n) is 6.23. The highest BCUT2D eigenvalue weighted by Gasteiger charge is 2.32. The summed E-state index contributed by atoms with van der Waals surface area (Å²) in [4.78, 5) is 23.1. The fraction of sp³-hybridized carbons (Fsp3) is 0.429. The smallest absolute Gasteiger partial charge is 0.323 e. The number of rotatable bonds is 4. The van der Waals surface area contributed by atoms with Crippen molar-refractivity contribution in [3.05, 3.63) is 35.9 Å². The minimum absolute atomic E-state index is 0. The van der Waals surface area contributed by atoms with Crippen LogP contribution in [0.1, 0.15) is 12.0 Å². The SMILES string of the molecule is COC(=O)C1CC(OC(=O)Cc2ccccc2)CN1.Cl. The summed E-state index contributed by atoms with van der Waals surface area (Å²) < 4.78 is 9.97. The van der Waals surface area contributed by atoms with Crippen LogP contribution in [0.25, 0.3) is 0 Å². The first-order valence-corrected chi connectivity index (χ1v) is 6.23. The van der Waals surface area contributed by atoms with Crippen LogP contribution in [0.5, 0.6) is 0 Å². The van der Waals surface area contributed by atoms with Crippen LogP contribution in [0.4, 0.5) is 0 Å². The van der Waals surface area contributed by atoms with Gasteiger partial charge in [-0.1, -0.05) is 30.3 Å². The van der Waals surface area contributed by atoms with Gasteiger partial charge in [0.25, 0.3) is 0 Å². The zero-order valence-corrected chi connectivity index (χ0v) is 12.0. The molecule has 0 amide bonds. The van der Waals surface area contributed by atoms with Crippen molar-refractivity contribution in [1.82, 2.24) is 5.32 Å². The van der Waals surface area contributed by atoms with Gasteiger partial charge in [-0.2, -0.15) is 0 Å². The maximum atomic E-state index is 11.7. The normalized spacial score (nSPS) is 20.9. The molecule has 1 fully saturated rings. The molecule has 0 bridgehead atoms. The Hall–Kier alpha value is -1.59. The van der Waals surface area contributed by atoms with Crippen LogP contribution in [0.2, 0.25) is 0 Å². The Labute approximate surface area is 124 Å². The Morgan fingerprint density at radius 3 is 2.65 bits per heavy atom. The summed E-state index contributed by atoms with van der Waals surface area (Å²) in [6.07, 6.45) is 0.452. The van der Waals surface area contributed by atoms with Gasteiger partial charge in [0, 0.05) is 13.0 Å². The highest BCUT2D eigenvalue weighted by Crippen LogP contribution is 2.13. The molecule has 0 aliphatic carbocycles. The van der Waals surface area contributed by atoms with E-state index in [0.717, 1.165) is 5.56 Å². The zero-order chi connectivity index (χ0) is 13.7. The molecule has 2 unspecified atom stereocenters. The second-order valence-electron chi connectivity index (χ2n) is 4.49. The Morgan fingerprint density at radius 1 is 1.30 bits per heavy atom. The lowest BCUT2D eigenvalue weighted by molar-refractivity contribution is -0.149. The maximum absolute atomic E-state index is 11.7. The molecule has 2 atom stereocenters. The Balaban J connectivity index is 0.00000200. The number of halogens is 1. The topological polar surface area (TPSA) is 64.6 Å². The van der Waals surface area contributed by atoms with Crippen LogP contribution in [0.15, 0.2) is 30.3 Å². The summed E-state index contributed by atoms with van der Waals surface area (Å²) in [5, 5.41) is 2.97. The van der Waals surface area contributed by atoms with E-state index in [-0.39, 0.29) is 42.9 Å². The second-order valence-corrected chi connectivity index (χ2v) is 4.49. The van der Waals surface area contributed by atoms with E-state index < -0.39 is 0 Å². The molecule has 110 valence electrons.